The van der Waals surface area contributed by atoms with Gasteiger partial charge in [-0.2, -0.15) is 10.4 Å². The first-order valence-corrected chi connectivity index (χ1v) is 6.92. The van der Waals surface area contributed by atoms with E-state index in [1.807, 2.05) is 12.1 Å². The van der Waals surface area contributed by atoms with E-state index in [9.17, 15) is 4.79 Å². The van der Waals surface area contributed by atoms with E-state index in [2.05, 4.69) is 25.5 Å². The average Bonchev–Trinajstić information content (AvgIpc) is 3.18. The van der Waals surface area contributed by atoms with Crippen LogP contribution < -0.4 is 5.32 Å². The van der Waals surface area contributed by atoms with Crippen molar-refractivity contribution in [2.24, 2.45) is 0 Å². The number of carbonyl (C=O) groups is 1. The minimum absolute atomic E-state index is 0.00778. The van der Waals surface area contributed by atoms with Crippen LogP contribution in [0.5, 0.6) is 0 Å². The Morgan fingerprint density at radius 2 is 2.27 bits per heavy atom. The van der Waals surface area contributed by atoms with Crippen LogP contribution in [0, 0.1) is 11.3 Å². The van der Waals surface area contributed by atoms with Gasteiger partial charge in [-0.1, -0.05) is 0 Å². The summed E-state index contributed by atoms with van der Waals surface area (Å²) in [7, 11) is 0. The number of nitrogens with zero attached hydrogens (tertiary/aromatic N) is 4. The highest BCUT2D eigenvalue weighted by Gasteiger charge is 2.28. The third kappa shape index (κ3) is 3.03. The summed E-state index contributed by atoms with van der Waals surface area (Å²) in [5.41, 5.74) is 1.27. The molecule has 2 aromatic rings. The van der Waals surface area contributed by atoms with Crippen molar-refractivity contribution in [2.75, 3.05) is 5.32 Å². The molecule has 0 spiro atoms. The maximum absolute atomic E-state index is 10.4. The topological polar surface area (TPSA) is 117 Å². The summed E-state index contributed by atoms with van der Waals surface area (Å²) in [5.74, 6) is 1.46. The molecule has 1 aliphatic carbocycles. The highest BCUT2D eigenvalue weighted by Crippen LogP contribution is 2.35. The van der Waals surface area contributed by atoms with Gasteiger partial charge in [-0.25, -0.2) is 9.97 Å². The van der Waals surface area contributed by atoms with Gasteiger partial charge in [-0.3, -0.25) is 9.89 Å². The maximum atomic E-state index is 10.4. The highest BCUT2D eigenvalue weighted by molar-refractivity contribution is 5.51. The fourth-order valence-electron chi connectivity index (χ4n) is 2.62. The number of ether oxygens (including phenoxy) is 1. The number of aromatic nitrogens is 4. The number of anilines is 2. The summed E-state index contributed by atoms with van der Waals surface area (Å²) >= 11 is 0. The van der Waals surface area contributed by atoms with Crippen LogP contribution >= 0.6 is 0 Å². The molecule has 112 valence electrons. The first-order valence-electron chi connectivity index (χ1n) is 6.92. The number of nitrogens with one attached hydrogen (secondary N) is 2. The van der Waals surface area contributed by atoms with Gasteiger partial charge >= 0.3 is 0 Å². The minimum Gasteiger partial charge on any atom is -0.465 e. The molecule has 0 aliphatic heterocycles. The van der Waals surface area contributed by atoms with Crippen LogP contribution in [0.1, 0.15) is 36.6 Å². The monoisotopic (exact) mass is 298 g/mol. The summed E-state index contributed by atoms with van der Waals surface area (Å²) in [4.78, 5) is 18.4. The second kappa shape index (κ2) is 6.22. The molecular weight excluding hydrogens is 284 g/mol. The van der Waals surface area contributed by atoms with Crippen LogP contribution in [0.2, 0.25) is 0 Å². The molecule has 0 saturated heterocycles. The van der Waals surface area contributed by atoms with Crippen molar-refractivity contribution in [2.45, 2.75) is 31.3 Å². The van der Waals surface area contributed by atoms with Gasteiger partial charge in [0, 0.05) is 17.7 Å². The van der Waals surface area contributed by atoms with Crippen LogP contribution in [0.25, 0.3) is 0 Å². The van der Waals surface area contributed by atoms with Gasteiger partial charge in [0.05, 0.1) is 12.4 Å². The number of H-pyrrole nitrogens is 1. The number of rotatable bonds is 5. The van der Waals surface area contributed by atoms with Gasteiger partial charge in [0.25, 0.3) is 6.47 Å². The van der Waals surface area contributed by atoms with Gasteiger partial charge in [0.15, 0.2) is 11.5 Å². The van der Waals surface area contributed by atoms with Crippen LogP contribution in [-0.2, 0) is 9.53 Å². The quantitative estimate of drug-likeness (QED) is 0.805. The molecule has 1 fully saturated rings. The molecule has 0 radical (unpaired) electrons. The standard InChI is InChI=1S/C14H14N6O2/c15-5-10-6-17-14(7-16-10)18-13-4-12(19-20-13)9-1-2-11(3-9)22-8-21/h4,6-9,11H,1-3H2,(H2,17,18,19,20). The van der Waals surface area contributed by atoms with E-state index in [0.717, 1.165) is 25.0 Å². The summed E-state index contributed by atoms with van der Waals surface area (Å²) < 4.78 is 5.00. The van der Waals surface area contributed by atoms with Crippen LogP contribution in [-0.4, -0.2) is 32.7 Å². The van der Waals surface area contributed by atoms with Crippen molar-refractivity contribution in [3.63, 3.8) is 0 Å². The highest BCUT2D eigenvalue weighted by atomic mass is 16.5. The molecule has 0 aromatic carbocycles. The zero-order valence-corrected chi connectivity index (χ0v) is 11.7. The Kier molecular flexibility index (Phi) is 3.96. The Morgan fingerprint density at radius 3 is 3.00 bits per heavy atom. The van der Waals surface area contributed by atoms with Crippen molar-refractivity contribution >= 4 is 18.1 Å². The number of hydrogen-bond donors (Lipinski definition) is 2. The van der Waals surface area contributed by atoms with Gasteiger partial charge < -0.3 is 10.1 Å². The molecule has 22 heavy (non-hydrogen) atoms. The van der Waals surface area contributed by atoms with E-state index in [0.29, 0.717) is 24.0 Å². The molecule has 2 atom stereocenters. The first-order chi connectivity index (χ1) is 10.8. The Bertz CT molecular complexity index is 690. The molecule has 2 heterocycles. The largest absolute Gasteiger partial charge is 0.465 e. The van der Waals surface area contributed by atoms with Crippen molar-refractivity contribution in [3.8, 4) is 6.07 Å². The van der Waals surface area contributed by atoms with Gasteiger partial charge in [-0.15, -0.1) is 0 Å². The van der Waals surface area contributed by atoms with Crippen LogP contribution in [0.15, 0.2) is 18.5 Å². The third-order valence-electron chi connectivity index (χ3n) is 3.69. The Labute approximate surface area is 126 Å². The summed E-state index contributed by atoms with van der Waals surface area (Å²) in [6.07, 6.45) is 5.50. The zero-order valence-electron chi connectivity index (χ0n) is 11.7. The lowest BCUT2D eigenvalue weighted by Crippen LogP contribution is -2.06. The number of aromatic amines is 1. The van der Waals surface area contributed by atoms with Crippen LogP contribution in [0.4, 0.5) is 11.6 Å². The fourth-order valence-corrected chi connectivity index (χ4v) is 2.62. The molecule has 1 saturated carbocycles. The molecule has 1 aliphatic rings. The first kappa shape index (κ1) is 14.0. The zero-order chi connectivity index (χ0) is 15.4. The summed E-state index contributed by atoms with van der Waals surface area (Å²) in [5, 5.41) is 18.9. The number of hydrogen-bond acceptors (Lipinski definition) is 7. The van der Waals surface area contributed by atoms with Crippen molar-refractivity contribution in [1.82, 2.24) is 20.2 Å². The summed E-state index contributed by atoms with van der Waals surface area (Å²) in [6.45, 7) is 0.510. The molecule has 0 amide bonds. The molecular formula is C14H14N6O2. The lowest BCUT2D eigenvalue weighted by molar-refractivity contribution is -0.133. The van der Waals surface area contributed by atoms with Crippen LogP contribution in [0.3, 0.4) is 0 Å². The summed E-state index contributed by atoms with van der Waals surface area (Å²) in [6, 6.07) is 3.82. The van der Waals surface area contributed by atoms with E-state index in [1.165, 1.54) is 12.4 Å². The third-order valence-corrected chi connectivity index (χ3v) is 3.69. The molecule has 2 unspecified atom stereocenters. The predicted octanol–water partition coefficient (Wildman–Crippen LogP) is 1.62. The maximum Gasteiger partial charge on any atom is 0.293 e. The molecule has 2 N–H and O–H groups in total. The van der Waals surface area contributed by atoms with Gasteiger partial charge in [0.2, 0.25) is 0 Å². The molecule has 2 aromatic heterocycles. The Hall–Kier alpha value is -2.95. The van der Waals surface area contributed by atoms with Crippen molar-refractivity contribution < 1.29 is 9.53 Å². The number of carbonyl (C=O) groups excluding carboxylic acids is 1. The Balaban J connectivity index is 1.64. The van der Waals surface area contributed by atoms with Crippen molar-refractivity contribution in [1.29, 1.82) is 5.26 Å². The van der Waals surface area contributed by atoms with E-state index in [-0.39, 0.29) is 11.8 Å². The number of nitriles is 1. The van der Waals surface area contributed by atoms with Crippen molar-refractivity contribution in [3.05, 3.63) is 29.8 Å². The Morgan fingerprint density at radius 1 is 1.36 bits per heavy atom. The SMILES string of the molecule is N#Cc1cnc(Nc2cc(C3CCC(OC=O)C3)[nH]n2)cn1. The fraction of sp³-hybridized carbons (Fsp3) is 0.357. The second-order valence-electron chi connectivity index (χ2n) is 5.10. The minimum atomic E-state index is -0.00778. The average molecular weight is 298 g/mol. The molecule has 0 bridgehead atoms. The second-order valence-corrected chi connectivity index (χ2v) is 5.10. The smallest absolute Gasteiger partial charge is 0.293 e. The molecule has 8 nitrogen and oxygen atoms in total. The van der Waals surface area contributed by atoms with E-state index >= 15 is 0 Å². The van der Waals surface area contributed by atoms with E-state index < -0.39 is 0 Å². The van der Waals surface area contributed by atoms with E-state index in [1.54, 1.807) is 0 Å². The molecule has 3 rings (SSSR count). The predicted molar refractivity (Wildman–Crippen MR) is 76.1 cm³/mol. The normalized spacial score (nSPS) is 20.3. The lowest BCUT2D eigenvalue weighted by atomic mass is 10.0. The van der Waals surface area contributed by atoms with Gasteiger partial charge in [0.1, 0.15) is 18.0 Å². The van der Waals surface area contributed by atoms with E-state index in [4.69, 9.17) is 10.00 Å². The van der Waals surface area contributed by atoms with Gasteiger partial charge in [-0.05, 0) is 19.3 Å². The lowest BCUT2D eigenvalue weighted by Gasteiger charge is -2.07. The molecule has 8 heteroatoms.